The number of amides is 2. The minimum Gasteiger partial charge on any atom is -0.376 e. The van der Waals surface area contributed by atoms with Gasteiger partial charge >= 0.3 is 6.03 Å². The quantitative estimate of drug-likeness (QED) is 0.866. The second-order valence-electron chi connectivity index (χ2n) is 6.64. The van der Waals surface area contributed by atoms with Gasteiger partial charge in [0.1, 0.15) is 11.9 Å². The second kappa shape index (κ2) is 7.98. The van der Waals surface area contributed by atoms with Crippen LogP contribution >= 0.6 is 0 Å². The highest BCUT2D eigenvalue weighted by molar-refractivity contribution is 5.88. The molecule has 0 bridgehead atoms. The van der Waals surface area contributed by atoms with Crippen LogP contribution in [0.5, 0.6) is 0 Å². The first kappa shape index (κ1) is 17.2. The van der Waals surface area contributed by atoms with Crippen molar-refractivity contribution in [3.05, 3.63) is 11.8 Å². The highest BCUT2D eigenvalue weighted by Gasteiger charge is 2.30. The van der Waals surface area contributed by atoms with Gasteiger partial charge < -0.3 is 14.8 Å². The van der Waals surface area contributed by atoms with Crippen LogP contribution in [0.15, 0.2) is 6.07 Å². The molecule has 2 atom stereocenters. The number of carbonyl (C=O) groups excluding carboxylic acids is 1. The number of nitrogens with one attached hydrogen (secondary N) is 2. The van der Waals surface area contributed by atoms with E-state index in [1.807, 2.05) is 24.6 Å². The average molecular weight is 336 g/mol. The standard InChI is InChI=1S/C17H28N4O3/c1-3-24-15-11-23-10-14(15)18-17(22)19-16-9-12(2)20-21(16)13-7-5-4-6-8-13/h9,13-15H,3-8,10-11H2,1-2H3,(H2,18,19,22). The fraction of sp³-hybridized carbons (Fsp3) is 0.765. The molecule has 24 heavy (non-hydrogen) atoms. The van der Waals surface area contributed by atoms with Gasteiger partial charge in [0.15, 0.2) is 0 Å². The first-order valence-electron chi connectivity index (χ1n) is 9.00. The van der Waals surface area contributed by atoms with Gasteiger partial charge in [-0.15, -0.1) is 0 Å². The van der Waals surface area contributed by atoms with Gasteiger partial charge in [0, 0.05) is 12.7 Å². The molecule has 134 valence electrons. The SMILES string of the molecule is CCOC1COCC1NC(=O)Nc1cc(C)nn1C1CCCCC1. The lowest BCUT2D eigenvalue weighted by atomic mass is 9.96. The molecule has 1 aromatic rings. The third-order valence-electron chi connectivity index (χ3n) is 4.75. The molecule has 0 aromatic carbocycles. The summed E-state index contributed by atoms with van der Waals surface area (Å²) in [6, 6.07) is 1.97. The van der Waals surface area contributed by atoms with Crippen molar-refractivity contribution in [2.75, 3.05) is 25.1 Å². The lowest BCUT2D eigenvalue weighted by Gasteiger charge is -2.24. The molecule has 0 radical (unpaired) electrons. The topological polar surface area (TPSA) is 77.4 Å². The number of aromatic nitrogens is 2. The van der Waals surface area contributed by atoms with Crippen LogP contribution in [0, 0.1) is 6.92 Å². The normalized spacial score (nSPS) is 24.9. The molecule has 2 amide bonds. The zero-order valence-electron chi connectivity index (χ0n) is 14.6. The number of anilines is 1. The zero-order chi connectivity index (χ0) is 16.9. The van der Waals surface area contributed by atoms with E-state index in [0.29, 0.717) is 25.9 Å². The van der Waals surface area contributed by atoms with E-state index in [9.17, 15) is 4.79 Å². The minimum atomic E-state index is -0.229. The predicted molar refractivity (Wildman–Crippen MR) is 91.3 cm³/mol. The molecule has 2 fully saturated rings. The van der Waals surface area contributed by atoms with Crippen molar-refractivity contribution in [3.8, 4) is 0 Å². The Morgan fingerprint density at radius 1 is 1.38 bits per heavy atom. The van der Waals surface area contributed by atoms with Crippen molar-refractivity contribution in [1.82, 2.24) is 15.1 Å². The Hall–Kier alpha value is -1.60. The largest absolute Gasteiger partial charge is 0.376 e. The van der Waals surface area contributed by atoms with Gasteiger partial charge in [0.2, 0.25) is 0 Å². The first-order valence-corrected chi connectivity index (χ1v) is 9.00. The van der Waals surface area contributed by atoms with E-state index >= 15 is 0 Å². The lowest BCUT2D eigenvalue weighted by molar-refractivity contribution is 0.0428. The van der Waals surface area contributed by atoms with Crippen molar-refractivity contribution >= 4 is 11.8 Å². The van der Waals surface area contributed by atoms with Crippen LogP contribution in [0.3, 0.4) is 0 Å². The van der Waals surface area contributed by atoms with Gasteiger partial charge in [-0.05, 0) is 26.7 Å². The van der Waals surface area contributed by atoms with E-state index in [0.717, 1.165) is 24.4 Å². The third kappa shape index (κ3) is 4.08. The first-order chi connectivity index (χ1) is 11.7. The van der Waals surface area contributed by atoms with Gasteiger partial charge in [-0.2, -0.15) is 5.10 Å². The van der Waals surface area contributed by atoms with E-state index in [1.165, 1.54) is 19.3 Å². The van der Waals surface area contributed by atoms with Crippen molar-refractivity contribution in [2.24, 2.45) is 0 Å². The highest BCUT2D eigenvalue weighted by Crippen LogP contribution is 2.30. The number of aryl methyl sites for hydroxylation is 1. The molecule has 2 N–H and O–H groups in total. The molecule has 0 spiro atoms. The summed E-state index contributed by atoms with van der Waals surface area (Å²) in [5.41, 5.74) is 0.923. The molecule has 7 heteroatoms. The highest BCUT2D eigenvalue weighted by atomic mass is 16.5. The zero-order valence-corrected chi connectivity index (χ0v) is 14.6. The third-order valence-corrected chi connectivity index (χ3v) is 4.75. The molecule has 7 nitrogen and oxygen atoms in total. The van der Waals surface area contributed by atoms with Crippen LogP contribution in [0.25, 0.3) is 0 Å². The number of hydrogen-bond donors (Lipinski definition) is 2. The fourth-order valence-electron chi connectivity index (χ4n) is 3.58. The van der Waals surface area contributed by atoms with Crippen molar-refractivity contribution < 1.29 is 14.3 Å². The molecule has 1 saturated heterocycles. The Morgan fingerprint density at radius 3 is 2.92 bits per heavy atom. The van der Waals surface area contributed by atoms with Crippen LogP contribution in [0.2, 0.25) is 0 Å². The van der Waals surface area contributed by atoms with Gasteiger partial charge in [0.25, 0.3) is 0 Å². The van der Waals surface area contributed by atoms with Crippen LogP contribution in [-0.4, -0.2) is 47.8 Å². The second-order valence-corrected chi connectivity index (χ2v) is 6.64. The van der Waals surface area contributed by atoms with Crippen molar-refractivity contribution in [3.63, 3.8) is 0 Å². The number of ether oxygens (including phenoxy) is 2. The van der Waals surface area contributed by atoms with Crippen molar-refractivity contribution in [1.29, 1.82) is 0 Å². The van der Waals surface area contributed by atoms with E-state index in [-0.39, 0.29) is 18.2 Å². The summed E-state index contributed by atoms with van der Waals surface area (Å²) in [7, 11) is 0. The molecule has 1 aliphatic heterocycles. The van der Waals surface area contributed by atoms with Gasteiger partial charge in [-0.1, -0.05) is 19.3 Å². The summed E-state index contributed by atoms with van der Waals surface area (Å²) in [6.45, 7) is 5.53. The Morgan fingerprint density at radius 2 is 2.17 bits per heavy atom. The van der Waals surface area contributed by atoms with Crippen LogP contribution in [0.4, 0.5) is 10.6 Å². The molecule has 1 aliphatic carbocycles. The van der Waals surface area contributed by atoms with Crippen LogP contribution in [0.1, 0.15) is 50.8 Å². The Kier molecular flexibility index (Phi) is 5.73. The maximum atomic E-state index is 12.4. The molecular weight excluding hydrogens is 308 g/mol. The summed E-state index contributed by atoms with van der Waals surface area (Å²) in [6.07, 6.45) is 5.92. The Balaban J connectivity index is 1.62. The summed E-state index contributed by atoms with van der Waals surface area (Å²) < 4.78 is 13.0. The number of hydrogen-bond acceptors (Lipinski definition) is 4. The lowest BCUT2D eigenvalue weighted by Crippen LogP contribution is -2.45. The van der Waals surface area contributed by atoms with Crippen molar-refractivity contribution in [2.45, 2.75) is 64.1 Å². The summed E-state index contributed by atoms with van der Waals surface area (Å²) in [5, 5.41) is 10.5. The minimum absolute atomic E-state index is 0.0780. The van der Waals surface area contributed by atoms with Gasteiger partial charge in [0.05, 0.1) is 31.0 Å². The predicted octanol–water partition coefficient (Wildman–Crippen LogP) is 2.62. The van der Waals surface area contributed by atoms with Gasteiger partial charge in [-0.3, -0.25) is 5.32 Å². The summed E-state index contributed by atoms with van der Waals surface area (Å²) >= 11 is 0. The summed E-state index contributed by atoms with van der Waals surface area (Å²) in [4.78, 5) is 12.4. The maximum absolute atomic E-state index is 12.4. The van der Waals surface area contributed by atoms with Crippen LogP contribution < -0.4 is 10.6 Å². The number of urea groups is 1. The molecule has 1 aromatic heterocycles. The maximum Gasteiger partial charge on any atom is 0.320 e. The Bertz CT molecular complexity index is 554. The molecular formula is C17H28N4O3. The van der Waals surface area contributed by atoms with E-state index < -0.39 is 0 Å². The number of nitrogens with zero attached hydrogens (tertiary/aromatic N) is 2. The molecule has 2 heterocycles. The molecule has 2 aliphatic rings. The van der Waals surface area contributed by atoms with E-state index in [2.05, 4.69) is 15.7 Å². The number of carbonyl (C=O) groups is 1. The molecule has 1 saturated carbocycles. The number of rotatable bonds is 5. The van der Waals surface area contributed by atoms with E-state index in [4.69, 9.17) is 9.47 Å². The van der Waals surface area contributed by atoms with Crippen LogP contribution in [-0.2, 0) is 9.47 Å². The molecule has 3 rings (SSSR count). The monoisotopic (exact) mass is 336 g/mol. The van der Waals surface area contributed by atoms with E-state index in [1.54, 1.807) is 0 Å². The fourth-order valence-corrected chi connectivity index (χ4v) is 3.58. The Labute approximate surface area is 143 Å². The van der Waals surface area contributed by atoms with Gasteiger partial charge in [-0.25, -0.2) is 9.48 Å². The average Bonchev–Trinajstić information content (AvgIpc) is 3.15. The molecule has 2 unspecified atom stereocenters. The smallest absolute Gasteiger partial charge is 0.320 e. The summed E-state index contributed by atoms with van der Waals surface area (Å²) in [5.74, 6) is 0.767.